The van der Waals surface area contributed by atoms with Crippen molar-refractivity contribution in [3.8, 4) is 22.8 Å². The van der Waals surface area contributed by atoms with Gasteiger partial charge in [0.25, 0.3) is 0 Å². The van der Waals surface area contributed by atoms with E-state index in [-0.39, 0.29) is 6.79 Å². The molecule has 0 saturated heterocycles. The molecule has 0 bridgehead atoms. The first kappa shape index (κ1) is 10.8. The molecule has 0 fully saturated rings. The number of hydrogen-bond donors (Lipinski definition) is 1. The van der Waals surface area contributed by atoms with Crippen LogP contribution in [0.3, 0.4) is 0 Å². The lowest BCUT2D eigenvalue weighted by Crippen LogP contribution is -2.02. The first-order valence-corrected chi connectivity index (χ1v) is 5.57. The lowest BCUT2D eigenvalue weighted by Gasteiger charge is -2.07. The lowest BCUT2D eigenvalue weighted by atomic mass is 10.1. The van der Waals surface area contributed by atoms with Crippen molar-refractivity contribution < 1.29 is 9.47 Å². The molecule has 92 valence electrons. The third-order valence-electron chi connectivity index (χ3n) is 2.68. The van der Waals surface area contributed by atoms with Gasteiger partial charge in [-0.3, -0.25) is 0 Å². The van der Waals surface area contributed by atoms with E-state index in [4.69, 9.17) is 9.47 Å². The summed E-state index contributed by atoms with van der Waals surface area (Å²) in [5.74, 6) is 2.79. The Morgan fingerprint density at radius 2 is 2.00 bits per heavy atom. The van der Waals surface area contributed by atoms with E-state index in [1.807, 2.05) is 18.2 Å². The fraction of sp³-hybridized carbons (Fsp3) is 0.250. The Kier molecular flexibility index (Phi) is 2.47. The number of anilines is 1. The first-order valence-electron chi connectivity index (χ1n) is 5.57. The van der Waals surface area contributed by atoms with Gasteiger partial charge in [-0.1, -0.05) is 0 Å². The van der Waals surface area contributed by atoms with Crippen molar-refractivity contribution in [2.45, 2.75) is 6.92 Å². The second-order valence-corrected chi connectivity index (χ2v) is 3.87. The van der Waals surface area contributed by atoms with Gasteiger partial charge in [0.1, 0.15) is 11.5 Å². The van der Waals surface area contributed by atoms with Crippen molar-refractivity contribution in [3.63, 3.8) is 0 Å². The Bertz CT molecular complexity index is 601. The molecular formula is C12H12N4O2. The minimum absolute atomic E-state index is 0.259. The number of aryl methyl sites for hydroxylation is 1. The van der Waals surface area contributed by atoms with Gasteiger partial charge in [0, 0.05) is 12.6 Å². The van der Waals surface area contributed by atoms with Crippen LogP contribution in [0.1, 0.15) is 5.82 Å². The maximum Gasteiger partial charge on any atom is 0.231 e. The van der Waals surface area contributed by atoms with Gasteiger partial charge in [0.2, 0.25) is 6.79 Å². The second kappa shape index (κ2) is 4.14. The van der Waals surface area contributed by atoms with Crippen LogP contribution in [-0.4, -0.2) is 29.0 Å². The highest BCUT2D eigenvalue weighted by atomic mass is 16.7. The highest BCUT2D eigenvalue weighted by molar-refractivity contribution is 5.73. The molecule has 6 nitrogen and oxygen atoms in total. The van der Waals surface area contributed by atoms with Crippen molar-refractivity contribution >= 4 is 5.82 Å². The Hall–Kier alpha value is -2.37. The number of ether oxygens (including phenoxy) is 2. The fourth-order valence-electron chi connectivity index (χ4n) is 1.82. The number of nitrogens with one attached hydrogen (secondary N) is 1. The van der Waals surface area contributed by atoms with E-state index < -0.39 is 0 Å². The highest BCUT2D eigenvalue weighted by Crippen LogP contribution is 2.36. The average Bonchev–Trinajstić information content (AvgIpc) is 2.85. The summed E-state index contributed by atoms with van der Waals surface area (Å²) < 4.78 is 10.6. The standard InChI is InChI=1S/C12H12N4O2/c1-7-14-12(13-2)11(16-15-7)8-3-4-9-10(5-8)18-6-17-9/h3-5H,6H2,1-2H3,(H,13,14,15). The predicted octanol–water partition coefficient (Wildman–Crippen LogP) is 1.62. The molecule has 0 saturated carbocycles. The molecule has 3 rings (SSSR count). The third-order valence-corrected chi connectivity index (χ3v) is 2.68. The maximum absolute atomic E-state index is 5.35. The molecule has 0 radical (unpaired) electrons. The number of rotatable bonds is 2. The van der Waals surface area contributed by atoms with Crippen molar-refractivity contribution in [2.75, 3.05) is 19.2 Å². The molecule has 2 aromatic rings. The summed E-state index contributed by atoms with van der Waals surface area (Å²) in [6, 6.07) is 5.65. The second-order valence-electron chi connectivity index (χ2n) is 3.87. The fourth-order valence-corrected chi connectivity index (χ4v) is 1.82. The van der Waals surface area contributed by atoms with Crippen LogP contribution >= 0.6 is 0 Å². The monoisotopic (exact) mass is 244 g/mol. The summed E-state index contributed by atoms with van der Waals surface area (Å²) in [6.07, 6.45) is 0. The molecule has 2 heterocycles. The van der Waals surface area contributed by atoms with Gasteiger partial charge in [-0.2, -0.15) is 0 Å². The molecule has 18 heavy (non-hydrogen) atoms. The Labute approximate surface area is 104 Å². The molecule has 0 spiro atoms. The Morgan fingerprint density at radius 3 is 2.83 bits per heavy atom. The zero-order valence-electron chi connectivity index (χ0n) is 10.1. The van der Waals surface area contributed by atoms with Gasteiger partial charge in [-0.25, -0.2) is 4.98 Å². The molecule has 6 heteroatoms. The molecule has 1 aliphatic rings. The van der Waals surface area contributed by atoms with Crippen LogP contribution in [-0.2, 0) is 0 Å². The van der Waals surface area contributed by atoms with Crippen LogP contribution in [0.25, 0.3) is 11.3 Å². The number of aromatic nitrogens is 3. The molecule has 0 amide bonds. The summed E-state index contributed by atoms with van der Waals surface area (Å²) in [7, 11) is 1.81. The van der Waals surface area contributed by atoms with Crippen LogP contribution in [0, 0.1) is 6.92 Å². The zero-order chi connectivity index (χ0) is 12.5. The molecule has 1 N–H and O–H groups in total. The van der Waals surface area contributed by atoms with E-state index in [9.17, 15) is 0 Å². The van der Waals surface area contributed by atoms with E-state index in [0.29, 0.717) is 17.3 Å². The number of benzene rings is 1. The van der Waals surface area contributed by atoms with Crippen LogP contribution in [0.15, 0.2) is 18.2 Å². The third kappa shape index (κ3) is 1.71. The van der Waals surface area contributed by atoms with Crippen molar-refractivity contribution in [2.24, 2.45) is 0 Å². The summed E-state index contributed by atoms with van der Waals surface area (Å²) >= 11 is 0. The molecular weight excluding hydrogens is 232 g/mol. The van der Waals surface area contributed by atoms with Gasteiger partial charge in [-0.05, 0) is 25.1 Å². The Balaban J connectivity index is 2.09. The van der Waals surface area contributed by atoms with Crippen LogP contribution in [0.5, 0.6) is 11.5 Å². The van der Waals surface area contributed by atoms with Gasteiger partial charge >= 0.3 is 0 Å². The van der Waals surface area contributed by atoms with Gasteiger partial charge in [0.15, 0.2) is 17.3 Å². The average molecular weight is 244 g/mol. The lowest BCUT2D eigenvalue weighted by molar-refractivity contribution is 0.174. The highest BCUT2D eigenvalue weighted by Gasteiger charge is 2.16. The van der Waals surface area contributed by atoms with Crippen LogP contribution in [0.4, 0.5) is 5.82 Å². The molecule has 0 unspecified atom stereocenters. The summed E-state index contributed by atoms with van der Waals surface area (Å²) in [6.45, 7) is 2.06. The first-order chi connectivity index (χ1) is 8.78. The van der Waals surface area contributed by atoms with Crippen LogP contribution < -0.4 is 14.8 Å². The summed E-state index contributed by atoms with van der Waals surface area (Å²) in [5, 5.41) is 11.2. The minimum atomic E-state index is 0.259. The molecule has 1 aliphatic heterocycles. The van der Waals surface area contributed by atoms with Crippen LogP contribution in [0.2, 0.25) is 0 Å². The number of hydrogen-bond acceptors (Lipinski definition) is 6. The number of fused-ring (bicyclic) bond motifs is 1. The molecule has 0 aliphatic carbocycles. The SMILES string of the molecule is CNc1nc(C)nnc1-c1ccc2c(c1)OCO2. The summed E-state index contributed by atoms with van der Waals surface area (Å²) in [4.78, 5) is 4.30. The van der Waals surface area contributed by atoms with Gasteiger partial charge in [0.05, 0.1) is 0 Å². The van der Waals surface area contributed by atoms with E-state index in [0.717, 1.165) is 17.1 Å². The van der Waals surface area contributed by atoms with E-state index in [2.05, 4.69) is 20.5 Å². The van der Waals surface area contributed by atoms with E-state index in [1.54, 1.807) is 14.0 Å². The summed E-state index contributed by atoms with van der Waals surface area (Å²) in [5.41, 5.74) is 1.59. The quantitative estimate of drug-likeness (QED) is 0.865. The minimum Gasteiger partial charge on any atom is -0.454 e. The largest absolute Gasteiger partial charge is 0.454 e. The van der Waals surface area contributed by atoms with Gasteiger partial charge in [-0.15, -0.1) is 10.2 Å². The van der Waals surface area contributed by atoms with Crippen molar-refractivity contribution in [1.29, 1.82) is 0 Å². The van der Waals surface area contributed by atoms with Crippen molar-refractivity contribution in [3.05, 3.63) is 24.0 Å². The Morgan fingerprint density at radius 1 is 1.17 bits per heavy atom. The van der Waals surface area contributed by atoms with Gasteiger partial charge < -0.3 is 14.8 Å². The zero-order valence-corrected chi connectivity index (χ0v) is 10.1. The van der Waals surface area contributed by atoms with E-state index >= 15 is 0 Å². The predicted molar refractivity (Wildman–Crippen MR) is 65.7 cm³/mol. The number of nitrogens with zero attached hydrogens (tertiary/aromatic N) is 3. The van der Waals surface area contributed by atoms with E-state index in [1.165, 1.54) is 0 Å². The molecule has 1 aromatic carbocycles. The van der Waals surface area contributed by atoms with Crippen molar-refractivity contribution in [1.82, 2.24) is 15.2 Å². The molecule has 1 aromatic heterocycles. The normalized spacial score (nSPS) is 12.6. The topological polar surface area (TPSA) is 69.2 Å². The molecule has 0 atom stereocenters. The smallest absolute Gasteiger partial charge is 0.231 e. The maximum atomic E-state index is 5.35.